The summed E-state index contributed by atoms with van der Waals surface area (Å²) in [6, 6.07) is 2.06. The number of aryl methyl sites for hydroxylation is 2. The fourth-order valence-corrected chi connectivity index (χ4v) is 1.82. The van der Waals surface area contributed by atoms with Gasteiger partial charge < -0.3 is 10.4 Å². The van der Waals surface area contributed by atoms with Crippen molar-refractivity contribution in [1.29, 1.82) is 0 Å². The Balaban J connectivity index is 2.27. The second kappa shape index (κ2) is 6.01. The highest BCUT2D eigenvalue weighted by Crippen LogP contribution is 2.04. The van der Waals surface area contributed by atoms with Crippen LogP contribution in [0.25, 0.3) is 0 Å². The van der Waals surface area contributed by atoms with Crippen LogP contribution in [-0.2, 0) is 13.6 Å². The number of hydrogen-bond donors (Lipinski definition) is 2. The van der Waals surface area contributed by atoms with E-state index >= 15 is 0 Å². The van der Waals surface area contributed by atoms with Crippen molar-refractivity contribution in [3.63, 3.8) is 0 Å². The van der Waals surface area contributed by atoms with E-state index in [-0.39, 0.29) is 6.10 Å². The first-order valence-corrected chi connectivity index (χ1v) is 5.87. The highest BCUT2D eigenvalue weighted by atomic mass is 16.3. The first kappa shape index (κ1) is 13.2. The molecule has 0 saturated heterocycles. The summed E-state index contributed by atoms with van der Waals surface area (Å²) < 4.78 is 1.87. The van der Waals surface area contributed by atoms with E-state index in [1.54, 1.807) is 0 Å². The van der Waals surface area contributed by atoms with Crippen LogP contribution in [-0.4, -0.2) is 27.5 Å². The summed E-state index contributed by atoms with van der Waals surface area (Å²) in [4.78, 5) is 0. The number of nitrogens with zero attached hydrogens (tertiary/aromatic N) is 2. The average molecular weight is 225 g/mol. The van der Waals surface area contributed by atoms with E-state index in [0.717, 1.165) is 24.4 Å². The van der Waals surface area contributed by atoms with Crippen LogP contribution in [0, 0.1) is 12.8 Å². The number of rotatable bonds is 6. The Morgan fingerprint density at radius 2 is 2.19 bits per heavy atom. The maximum Gasteiger partial charge on any atom is 0.0667 e. The average Bonchev–Trinajstić information content (AvgIpc) is 2.44. The maximum atomic E-state index is 9.69. The molecule has 92 valence electrons. The summed E-state index contributed by atoms with van der Waals surface area (Å²) >= 11 is 0. The van der Waals surface area contributed by atoms with Crippen molar-refractivity contribution in [3.05, 3.63) is 17.5 Å². The highest BCUT2D eigenvalue weighted by molar-refractivity contribution is 5.08. The molecule has 1 aromatic heterocycles. The summed E-state index contributed by atoms with van der Waals surface area (Å²) in [5.41, 5.74) is 2.18. The van der Waals surface area contributed by atoms with E-state index in [0.29, 0.717) is 12.5 Å². The van der Waals surface area contributed by atoms with Crippen LogP contribution in [0.4, 0.5) is 0 Å². The topological polar surface area (TPSA) is 50.1 Å². The Morgan fingerprint density at radius 3 is 2.69 bits per heavy atom. The van der Waals surface area contributed by atoms with E-state index < -0.39 is 0 Å². The van der Waals surface area contributed by atoms with Gasteiger partial charge in [0.15, 0.2) is 0 Å². The van der Waals surface area contributed by atoms with Gasteiger partial charge in [-0.2, -0.15) is 5.10 Å². The molecule has 0 saturated carbocycles. The normalized spacial score (nSPS) is 13.4. The molecule has 2 N–H and O–H groups in total. The van der Waals surface area contributed by atoms with Gasteiger partial charge in [-0.15, -0.1) is 0 Å². The minimum absolute atomic E-state index is 0.255. The van der Waals surface area contributed by atoms with Crippen LogP contribution in [0.3, 0.4) is 0 Å². The van der Waals surface area contributed by atoms with Gasteiger partial charge in [0.05, 0.1) is 17.5 Å². The molecule has 0 aromatic carbocycles. The fraction of sp³-hybridized carbons (Fsp3) is 0.750. The van der Waals surface area contributed by atoms with Gasteiger partial charge in [-0.25, -0.2) is 0 Å². The van der Waals surface area contributed by atoms with Crippen molar-refractivity contribution < 1.29 is 5.11 Å². The van der Waals surface area contributed by atoms with Crippen LogP contribution >= 0.6 is 0 Å². The summed E-state index contributed by atoms with van der Waals surface area (Å²) in [6.45, 7) is 7.62. The molecule has 1 atom stereocenters. The van der Waals surface area contributed by atoms with Crippen LogP contribution in [0.5, 0.6) is 0 Å². The van der Waals surface area contributed by atoms with Gasteiger partial charge in [0.2, 0.25) is 0 Å². The lowest BCUT2D eigenvalue weighted by molar-refractivity contribution is 0.146. The zero-order chi connectivity index (χ0) is 12.1. The molecule has 0 aliphatic heterocycles. The highest BCUT2D eigenvalue weighted by Gasteiger charge is 2.07. The van der Waals surface area contributed by atoms with Crippen LogP contribution in [0.15, 0.2) is 6.07 Å². The van der Waals surface area contributed by atoms with Crippen molar-refractivity contribution in [2.45, 2.75) is 39.8 Å². The third-order valence-corrected chi connectivity index (χ3v) is 2.53. The standard InChI is InChI=1S/C12H23N3O/c1-9(2)5-12(16)8-13-7-11-6-10(3)14-15(11)4/h6,9,12-13,16H,5,7-8H2,1-4H3. The molecule has 0 aliphatic carbocycles. The zero-order valence-electron chi connectivity index (χ0n) is 10.7. The van der Waals surface area contributed by atoms with Gasteiger partial charge in [-0.3, -0.25) is 4.68 Å². The van der Waals surface area contributed by atoms with Crippen molar-refractivity contribution in [2.75, 3.05) is 6.54 Å². The number of aliphatic hydroxyl groups is 1. The lowest BCUT2D eigenvalue weighted by Crippen LogP contribution is -2.28. The van der Waals surface area contributed by atoms with E-state index in [1.165, 1.54) is 0 Å². The zero-order valence-corrected chi connectivity index (χ0v) is 10.7. The van der Waals surface area contributed by atoms with Crippen molar-refractivity contribution >= 4 is 0 Å². The van der Waals surface area contributed by atoms with Gasteiger partial charge in [-0.1, -0.05) is 13.8 Å². The molecule has 4 nitrogen and oxygen atoms in total. The third-order valence-electron chi connectivity index (χ3n) is 2.53. The predicted octanol–water partition coefficient (Wildman–Crippen LogP) is 1.23. The quantitative estimate of drug-likeness (QED) is 0.765. The molecule has 0 bridgehead atoms. The molecule has 0 aliphatic rings. The monoisotopic (exact) mass is 225 g/mol. The Hall–Kier alpha value is -0.870. The number of nitrogens with one attached hydrogen (secondary N) is 1. The summed E-state index contributed by atoms with van der Waals surface area (Å²) in [5.74, 6) is 0.538. The van der Waals surface area contributed by atoms with Crippen molar-refractivity contribution in [3.8, 4) is 0 Å². The van der Waals surface area contributed by atoms with Gasteiger partial charge >= 0.3 is 0 Å². The molecule has 1 rings (SSSR count). The second-order valence-corrected chi connectivity index (χ2v) is 4.81. The van der Waals surface area contributed by atoms with E-state index in [1.807, 2.05) is 18.7 Å². The molecule has 1 aromatic rings. The smallest absolute Gasteiger partial charge is 0.0667 e. The summed E-state index contributed by atoms with van der Waals surface area (Å²) in [6.07, 6.45) is 0.589. The van der Waals surface area contributed by atoms with Gasteiger partial charge in [0.1, 0.15) is 0 Å². The molecule has 0 fully saturated rings. The van der Waals surface area contributed by atoms with E-state index in [4.69, 9.17) is 0 Å². The lowest BCUT2D eigenvalue weighted by Gasteiger charge is -2.13. The predicted molar refractivity (Wildman–Crippen MR) is 65.1 cm³/mol. The molecular formula is C12H23N3O. The summed E-state index contributed by atoms with van der Waals surface area (Å²) in [5, 5.41) is 17.2. The molecule has 16 heavy (non-hydrogen) atoms. The van der Waals surface area contributed by atoms with E-state index in [9.17, 15) is 5.11 Å². The Morgan fingerprint density at radius 1 is 1.50 bits per heavy atom. The molecule has 1 heterocycles. The largest absolute Gasteiger partial charge is 0.392 e. The maximum absolute atomic E-state index is 9.69. The third kappa shape index (κ3) is 4.33. The van der Waals surface area contributed by atoms with Gasteiger partial charge in [0, 0.05) is 20.1 Å². The molecule has 0 spiro atoms. The number of aromatic nitrogens is 2. The van der Waals surface area contributed by atoms with Crippen LogP contribution in [0.1, 0.15) is 31.7 Å². The first-order valence-electron chi connectivity index (χ1n) is 5.87. The molecule has 1 unspecified atom stereocenters. The lowest BCUT2D eigenvalue weighted by atomic mass is 10.1. The van der Waals surface area contributed by atoms with E-state index in [2.05, 4.69) is 30.3 Å². The van der Waals surface area contributed by atoms with Crippen LogP contribution in [0.2, 0.25) is 0 Å². The Labute approximate surface area is 97.7 Å². The minimum Gasteiger partial charge on any atom is -0.392 e. The fourth-order valence-electron chi connectivity index (χ4n) is 1.82. The van der Waals surface area contributed by atoms with Crippen molar-refractivity contribution in [1.82, 2.24) is 15.1 Å². The SMILES string of the molecule is Cc1cc(CNCC(O)CC(C)C)n(C)n1. The minimum atomic E-state index is -0.255. The summed E-state index contributed by atoms with van der Waals surface area (Å²) in [7, 11) is 1.94. The number of aliphatic hydroxyl groups excluding tert-OH is 1. The Kier molecular flexibility index (Phi) is 4.96. The molecule has 0 radical (unpaired) electrons. The first-order chi connectivity index (χ1) is 7.49. The van der Waals surface area contributed by atoms with Gasteiger partial charge in [0.25, 0.3) is 0 Å². The van der Waals surface area contributed by atoms with Crippen molar-refractivity contribution in [2.24, 2.45) is 13.0 Å². The molecule has 0 amide bonds. The second-order valence-electron chi connectivity index (χ2n) is 4.81. The van der Waals surface area contributed by atoms with Gasteiger partial charge in [-0.05, 0) is 25.3 Å². The van der Waals surface area contributed by atoms with Crippen LogP contribution < -0.4 is 5.32 Å². The molecule has 4 heteroatoms. The molecular weight excluding hydrogens is 202 g/mol. The Bertz CT molecular complexity index is 320. The number of hydrogen-bond acceptors (Lipinski definition) is 3.